The minimum atomic E-state index is -0.548. The lowest BCUT2D eigenvalue weighted by Crippen LogP contribution is -2.45. The van der Waals surface area contributed by atoms with Crippen LogP contribution in [0.5, 0.6) is 0 Å². The van der Waals surface area contributed by atoms with Crippen LogP contribution in [0.3, 0.4) is 0 Å². The van der Waals surface area contributed by atoms with Crippen LogP contribution >= 0.6 is 0 Å². The van der Waals surface area contributed by atoms with E-state index in [9.17, 15) is 5.26 Å². The molecule has 1 aliphatic heterocycles. The van der Waals surface area contributed by atoms with Crippen molar-refractivity contribution in [2.75, 3.05) is 33.7 Å². The average molecular weight is 264 g/mol. The Bertz CT molecular complexity index is 330. The summed E-state index contributed by atoms with van der Waals surface area (Å²) in [4.78, 5) is 4.89. The SMILES string of the molecule is CN1CCC(N(C)CCC2CCCC2(N)C#N)CC1. The van der Waals surface area contributed by atoms with Gasteiger partial charge < -0.3 is 15.5 Å². The Balaban J connectivity index is 1.77. The highest BCUT2D eigenvalue weighted by Gasteiger charge is 2.39. The number of piperidine rings is 1. The molecule has 0 aromatic rings. The first-order chi connectivity index (χ1) is 9.05. The normalized spacial score (nSPS) is 33.7. The van der Waals surface area contributed by atoms with Gasteiger partial charge in [0.25, 0.3) is 0 Å². The first-order valence-electron chi connectivity index (χ1n) is 7.64. The van der Waals surface area contributed by atoms with Crippen molar-refractivity contribution in [3.63, 3.8) is 0 Å². The highest BCUT2D eigenvalue weighted by molar-refractivity contribution is 5.11. The van der Waals surface area contributed by atoms with Gasteiger partial charge in [-0.15, -0.1) is 0 Å². The molecule has 1 heterocycles. The molecule has 0 bridgehead atoms. The summed E-state index contributed by atoms with van der Waals surface area (Å²) in [5, 5.41) is 9.24. The van der Waals surface area contributed by atoms with E-state index in [2.05, 4.69) is 30.0 Å². The molecular formula is C15H28N4. The minimum absolute atomic E-state index is 0.395. The monoisotopic (exact) mass is 264 g/mol. The maximum atomic E-state index is 9.24. The van der Waals surface area contributed by atoms with Gasteiger partial charge in [-0.2, -0.15) is 5.26 Å². The number of nitrogens with two attached hydrogens (primary N) is 1. The summed E-state index contributed by atoms with van der Waals surface area (Å²) in [5.41, 5.74) is 5.65. The molecule has 0 aromatic heterocycles. The Kier molecular flexibility index (Phi) is 4.83. The second kappa shape index (κ2) is 6.21. The Morgan fingerprint density at radius 2 is 2.05 bits per heavy atom. The minimum Gasteiger partial charge on any atom is -0.313 e. The molecule has 2 aliphatic rings. The van der Waals surface area contributed by atoms with Gasteiger partial charge in [0, 0.05) is 6.04 Å². The number of hydrogen-bond acceptors (Lipinski definition) is 4. The quantitative estimate of drug-likeness (QED) is 0.834. The summed E-state index contributed by atoms with van der Waals surface area (Å²) in [6.07, 6.45) is 6.74. The van der Waals surface area contributed by atoms with Gasteiger partial charge in [0.1, 0.15) is 5.54 Å². The summed E-state index contributed by atoms with van der Waals surface area (Å²) in [6.45, 7) is 3.49. The van der Waals surface area contributed by atoms with Crippen LogP contribution in [0.1, 0.15) is 38.5 Å². The zero-order valence-corrected chi connectivity index (χ0v) is 12.4. The van der Waals surface area contributed by atoms with Crippen LogP contribution in [0.4, 0.5) is 0 Å². The molecule has 1 saturated heterocycles. The van der Waals surface area contributed by atoms with Gasteiger partial charge in [-0.3, -0.25) is 0 Å². The van der Waals surface area contributed by atoms with E-state index in [1.165, 1.54) is 25.9 Å². The number of rotatable bonds is 4. The Labute approximate surface area is 117 Å². The van der Waals surface area contributed by atoms with Gasteiger partial charge in [0.15, 0.2) is 0 Å². The van der Waals surface area contributed by atoms with Crippen molar-refractivity contribution in [1.82, 2.24) is 9.80 Å². The third kappa shape index (κ3) is 3.47. The molecule has 0 aromatic carbocycles. The summed E-state index contributed by atoms with van der Waals surface area (Å²) in [5.74, 6) is 0.395. The maximum Gasteiger partial charge on any atom is 0.107 e. The summed E-state index contributed by atoms with van der Waals surface area (Å²) >= 11 is 0. The Morgan fingerprint density at radius 3 is 2.68 bits per heavy atom. The fourth-order valence-electron chi connectivity index (χ4n) is 3.63. The molecule has 108 valence electrons. The number of likely N-dealkylation sites (tertiary alicyclic amines) is 1. The summed E-state index contributed by atoms with van der Waals surface area (Å²) < 4.78 is 0. The van der Waals surface area contributed by atoms with E-state index in [4.69, 9.17) is 5.73 Å². The van der Waals surface area contributed by atoms with Gasteiger partial charge in [-0.05, 0) is 71.8 Å². The first kappa shape index (κ1) is 14.8. The molecule has 0 spiro atoms. The van der Waals surface area contributed by atoms with Crippen molar-refractivity contribution >= 4 is 0 Å². The van der Waals surface area contributed by atoms with Crippen molar-refractivity contribution in [2.45, 2.75) is 50.1 Å². The molecule has 4 nitrogen and oxygen atoms in total. The van der Waals surface area contributed by atoms with Crippen LogP contribution in [0.2, 0.25) is 0 Å². The van der Waals surface area contributed by atoms with E-state index in [1.807, 2.05) is 0 Å². The van der Waals surface area contributed by atoms with Crippen molar-refractivity contribution < 1.29 is 0 Å². The van der Waals surface area contributed by atoms with E-state index in [1.54, 1.807) is 0 Å². The lowest BCUT2D eigenvalue weighted by atomic mass is 9.87. The van der Waals surface area contributed by atoms with Gasteiger partial charge in [-0.1, -0.05) is 6.42 Å². The van der Waals surface area contributed by atoms with Gasteiger partial charge in [-0.25, -0.2) is 0 Å². The predicted octanol–water partition coefficient (Wildman–Crippen LogP) is 1.42. The van der Waals surface area contributed by atoms with Crippen molar-refractivity contribution in [3.8, 4) is 6.07 Å². The molecular weight excluding hydrogens is 236 g/mol. The lowest BCUT2D eigenvalue weighted by Gasteiger charge is -2.36. The maximum absolute atomic E-state index is 9.24. The van der Waals surface area contributed by atoms with E-state index in [0.717, 1.165) is 32.2 Å². The first-order valence-corrected chi connectivity index (χ1v) is 7.64. The van der Waals surface area contributed by atoms with Gasteiger partial charge in [0.05, 0.1) is 6.07 Å². The third-order valence-corrected chi connectivity index (χ3v) is 5.22. The Hall–Kier alpha value is -0.630. The molecule has 1 aliphatic carbocycles. The molecule has 0 radical (unpaired) electrons. The highest BCUT2D eigenvalue weighted by atomic mass is 15.2. The summed E-state index contributed by atoms with van der Waals surface area (Å²) in [6, 6.07) is 3.07. The van der Waals surface area contributed by atoms with Crippen molar-refractivity contribution in [3.05, 3.63) is 0 Å². The highest BCUT2D eigenvalue weighted by Crippen LogP contribution is 2.35. The van der Waals surface area contributed by atoms with Crippen LogP contribution in [0.15, 0.2) is 0 Å². The topological polar surface area (TPSA) is 56.3 Å². The average Bonchev–Trinajstić information content (AvgIpc) is 2.79. The number of nitrogens with zero attached hydrogens (tertiary/aromatic N) is 3. The van der Waals surface area contributed by atoms with Crippen LogP contribution in [0, 0.1) is 17.2 Å². The Morgan fingerprint density at radius 1 is 1.37 bits per heavy atom. The second-order valence-corrected chi connectivity index (χ2v) is 6.55. The van der Waals surface area contributed by atoms with E-state index >= 15 is 0 Å². The molecule has 1 saturated carbocycles. The number of nitriles is 1. The molecule has 2 N–H and O–H groups in total. The molecule has 2 fully saturated rings. The molecule has 2 unspecified atom stereocenters. The van der Waals surface area contributed by atoms with Crippen LogP contribution in [0.25, 0.3) is 0 Å². The fourth-order valence-corrected chi connectivity index (χ4v) is 3.63. The van der Waals surface area contributed by atoms with E-state index in [-0.39, 0.29) is 0 Å². The molecule has 4 heteroatoms. The molecule has 2 atom stereocenters. The zero-order chi connectivity index (χ0) is 13.9. The van der Waals surface area contributed by atoms with Crippen LogP contribution in [-0.2, 0) is 0 Å². The molecule has 0 amide bonds. The summed E-state index contributed by atoms with van der Waals surface area (Å²) in [7, 11) is 4.43. The van der Waals surface area contributed by atoms with Crippen LogP contribution < -0.4 is 5.73 Å². The van der Waals surface area contributed by atoms with Gasteiger partial charge >= 0.3 is 0 Å². The second-order valence-electron chi connectivity index (χ2n) is 6.55. The third-order valence-electron chi connectivity index (χ3n) is 5.22. The molecule has 19 heavy (non-hydrogen) atoms. The van der Waals surface area contributed by atoms with E-state index < -0.39 is 5.54 Å². The smallest absolute Gasteiger partial charge is 0.107 e. The van der Waals surface area contributed by atoms with Crippen LogP contribution in [-0.4, -0.2) is 55.1 Å². The standard InChI is InChI=1S/C15H28N4/c1-18-9-6-14(7-10-18)19(2)11-5-13-4-3-8-15(13,17)12-16/h13-14H,3-11,17H2,1-2H3. The van der Waals surface area contributed by atoms with Crippen molar-refractivity contribution in [1.29, 1.82) is 5.26 Å². The number of hydrogen-bond donors (Lipinski definition) is 1. The van der Waals surface area contributed by atoms with E-state index in [0.29, 0.717) is 12.0 Å². The predicted molar refractivity (Wildman–Crippen MR) is 77.6 cm³/mol. The molecule has 2 rings (SSSR count). The van der Waals surface area contributed by atoms with Gasteiger partial charge in [0.2, 0.25) is 0 Å². The van der Waals surface area contributed by atoms with Crippen molar-refractivity contribution in [2.24, 2.45) is 11.7 Å². The largest absolute Gasteiger partial charge is 0.313 e. The fraction of sp³-hybridized carbons (Fsp3) is 0.933. The zero-order valence-electron chi connectivity index (χ0n) is 12.4. The lowest BCUT2D eigenvalue weighted by molar-refractivity contribution is 0.135.